The zero-order valence-corrected chi connectivity index (χ0v) is 16.8. The monoisotopic (exact) mass is 392 g/mol. The maximum Gasteiger partial charge on any atom is 0.264 e. The zero-order valence-electron chi connectivity index (χ0n) is 16.0. The highest BCUT2D eigenvalue weighted by atomic mass is 32.2. The lowest BCUT2D eigenvalue weighted by Gasteiger charge is -2.49. The second-order valence-electron chi connectivity index (χ2n) is 7.96. The van der Waals surface area contributed by atoms with E-state index >= 15 is 0 Å². The number of hydrogen-bond donors (Lipinski definition) is 1. The molecule has 1 saturated heterocycles. The molecule has 1 aliphatic carbocycles. The lowest BCUT2D eigenvalue weighted by molar-refractivity contribution is -0.156. The SMILES string of the molecule is Cc1ccccc1S(=O)(=O)NC(=O)C1(C)CCN1C(=O)CCC1CCCC1. The molecule has 0 bridgehead atoms. The minimum atomic E-state index is -3.96. The fourth-order valence-electron chi connectivity index (χ4n) is 4.10. The molecule has 0 aromatic heterocycles. The number of likely N-dealkylation sites (tertiary alicyclic amines) is 1. The summed E-state index contributed by atoms with van der Waals surface area (Å²) >= 11 is 0. The first kappa shape index (κ1) is 19.9. The topological polar surface area (TPSA) is 83.6 Å². The first-order valence-corrected chi connectivity index (χ1v) is 11.2. The van der Waals surface area contributed by atoms with Gasteiger partial charge in [-0.1, -0.05) is 43.9 Å². The maximum absolute atomic E-state index is 12.7. The van der Waals surface area contributed by atoms with Gasteiger partial charge in [-0.05, 0) is 44.2 Å². The van der Waals surface area contributed by atoms with E-state index in [9.17, 15) is 18.0 Å². The quantitative estimate of drug-likeness (QED) is 0.807. The van der Waals surface area contributed by atoms with Crippen molar-refractivity contribution in [2.75, 3.05) is 6.54 Å². The van der Waals surface area contributed by atoms with Crippen molar-refractivity contribution in [1.82, 2.24) is 9.62 Å². The Morgan fingerprint density at radius 1 is 1.22 bits per heavy atom. The molecular formula is C20H28N2O4S. The number of nitrogens with zero attached hydrogens (tertiary/aromatic N) is 1. The normalized spacial score (nSPS) is 23.1. The van der Waals surface area contributed by atoms with Crippen LogP contribution in [0.3, 0.4) is 0 Å². The zero-order chi connectivity index (χ0) is 19.7. The Bertz CT molecular complexity index is 830. The molecule has 1 heterocycles. The molecular weight excluding hydrogens is 364 g/mol. The molecule has 2 aliphatic rings. The van der Waals surface area contributed by atoms with Gasteiger partial charge in [0.15, 0.2) is 0 Å². The lowest BCUT2D eigenvalue weighted by Crippen LogP contribution is -2.67. The average Bonchev–Trinajstić information content (AvgIpc) is 3.11. The van der Waals surface area contributed by atoms with Crippen molar-refractivity contribution in [2.24, 2.45) is 5.92 Å². The molecule has 1 aliphatic heterocycles. The summed E-state index contributed by atoms with van der Waals surface area (Å²) in [5.74, 6) is -0.0814. The summed E-state index contributed by atoms with van der Waals surface area (Å²) < 4.78 is 27.4. The van der Waals surface area contributed by atoms with Gasteiger partial charge in [-0.3, -0.25) is 9.59 Å². The van der Waals surface area contributed by atoms with E-state index in [-0.39, 0.29) is 10.8 Å². The molecule has 7 heteroatoms. The minimum absolute atomic E-state index is 0.0564. The van der Waals surface area contributed by atoms with Crippen LogP contribution in [0.5, 0.6) is 0 Å². The van der Waals surface area contributed by atoms with Crippen LogP contribution in [-0.4, -0.2) is 37.2 Å². The molecule has 1 saturated carbocycles. The number of nitrogens with one attached hydrogen (secondary N) is 1. The molecule has 0 radical (unpaired) electrons. The van der Waals surface area contributed by atoms with Gasteiger partial charge in [-0.15, -0.1) is 0 Å². The molecule has 1 aromatic rings. The van der Waals surface area contributed by atoms with Gasteiger partial charge < -0.3 is 4.90 Å². The average molecular weight is 393 g/mol. The fraction of sp³-hybridized carbons (Fsp3) is 0.600. The molecule has 2 amide bonds. The van der Waals surface area contributed by atoms with Crippen LogP contribution < -0.4 is 4.72 Å². The van der Waals surface area contributed by atoms with Crippen molar-refractivity contribution >= 4 is 21.8 Å². The number of sulfonamides is 1. The van der Waals surface area contributed by atoms with Gasteiger partial charge in [-0.2, -0.15) is 0 Å². The maximum atomic E-state index is 12.7. The number of benzene rings is 1. The van der Waals surface area contributed by atoms with Crippen LogP contribution in [0.4, 0.5) is 0 Å². The number of carbonyl (C=O) groups is 2. The first-order valence-electron chi connectivity index (χ1n) is 9.67. The number of aryl methyl sites for hydroxylation is 1. The third-order valence-electron chi connectivity index (χ3n) is 6.06. The molecule has 1 aromatic carbocycles. The van der Waals surface area contributed by atoms with Gasteiger partial charge in [-0.25, -0.2) is 13.1 Å². The second kappa shape index (κ2) is 7.62. The van der Waals surface area contributed by atoms with Crippen molar-refractivity contribution in [3.05, 3.63) is 29.8 Å². The van der Waals surface area contributed by atoms with Crippen molar-refractivity contribution in [1.29, 1.82) is 0 Å². The van der Waals surface area contributed by atoms with Crippen molar-refractivity contribution < 1.29 is 18.0 Å². The third kappa shape index (κ3) is 4.03. The summed E-state index contributed by atoms with van der Waals surface area (Å²) in [6.07, 6.45) is 6.59. The number of carbonyl (C=O) groups excluding carboxylic acids is 2. The standard InChI is InChI=1S/C20H28N2O4S/c1-15-7-3-6-10-17(15)27(25,26)21-19(24)20(2)13-14-22(20)18(23)12-11-16-8-4-5-9-16/h3,6-7,10,16H,4-5,8-9,11-14H2,1-2H3,(H,21,24). The predicted octanol–water partition coefficient (Wildman–Crippen LogP) is 2.76. The van der Waals surface area contributed by atoms with Gasteiger partial charge in [0.1, 0.15) is 5.54 Å². The largest absolute Gasteiger partial charge is 0.328 e. The molecule has 3 rings (SSSR count). The summed E-state index contributed by atoms with van der Waals surface area (Å²) in [5.41, 5.74) is -0.524. The summed E-state index contributed by atoms with van der Waals surface area (Å²) in [7, 11) is -3.96. The van der Waals surface area contributed by atoms with E-state index in [0.29, 0.717) is 30.9 Å². The number of amides is 2. The third-order valence-corrected chi connectivity index (χ3v) is 7.55. The molecule has 2 fully saturated rings. The smallest absolute Gasteiger partial charge is 0.264 e. The van der Waals surface area contributed by atoms with E-state index in [1.54, 1.807) is 32.0 Å². The summed E-state index contributed by atoms with van der Waals surface area (Å²) in [4.78, 5) is 26.9. The highest BCUT2D eigenvalue weighted by molar-refractivity contribution is 7.90. The fourth-order valence-corrected chi connectivity index (χ4v) is 5.43. The summed E-state index contributed by atoms with van der Waals surface area (Å²) in [6, 6.07) is 6.52. The van der Waals surface area contributed by atoms with Crippen molar-refractivity contribution in [3.63, 3.8) is 0 Å². The Morgan fingerprint density at radius 2 is 1.89 bits per heavy atom. The predicted molar refractivity (Wildman–Crippen MR) is 102 cm³/mol. The van der Waals surface area contributed by atoms with E-state index in [0.717, 1.165) is 6.42 Å². The van der Waals surface area contributed by atoms with E-state index in [1.165, 1.54) is 36.6 Å². The molecule has 1 N–H and O–H groups in total. The summed E-state index contributed by atoms with van der Waals surface area (Å²) in [6.45, 7) is 3.83. The van der Waals surface area contributed by atoms with Gasteiger partial charge >= 0.3 is 0 Å². The van der Waals surface area contributed by atoms with E-state index in [2.05, 4.69) is 4.72 Å². The Hall–Kier alpha value is -1.89. The minimum Gasteiger partial charge on any atom is -0.328 e. The lowest BCUT2D eigenvalue weighted by atomic mass is 9.85. The number of rotatable bonds is 6. The Labute approximate surface area is 161 Å². The molecule has 1 atom stereocenters. The molecule has 27 heavy (non-hydrogen) atoms. The van der Waals surface area contributed by atoms with Gasteiger partial charge in [0.25, 0.3) is 15.9 Å². The van der Waals surface area contributed by atoms with Crippen LogP contribution in [0, 0.1) is 12.8 Å². The van der Waals surface area contributed by atoms with Gasteiger partial charge in [0.05, 0.1) is 4.90 Å². The van der Waals surface area contributed by atoms with Crippen LogP contribution in [0.15, 0.2) is 29.2 Å². The first-order chi connectivity index (χ1) is 12.7. The van der Waals surface area contributed by atoms with Crippen LogP contribution >= 0.6 is 0 Å². The van der Waals surface area contributed by atoms with Crippen LogP contribution in [-0.2, 0) is 19.6 Å². The molecule has 0 spiro atoms. The van der Waals surface area contributed by atoms with Crippen LogP contribution in [0.2, 0.25) is 0 Å². The van der Waals surface area contributed by atoms with E-state index < -0.39 is 21.5 Å². The highest BCUT2D eigenvalue weighted by Gasteiger charge is 2.50. The van der Waals surface area contributed by atoms with E-state index in [1.807, 2.05) is 0 Å². The van der Waals surface area contributed by atoms with Crippen molar-refractivity contribution in [3.8, 4) is 0 Å². The van der Waals surface area contributed by atoms with Crippen molar-refractivity contribution in [2.45, 2.75) is 69.2 Å². The Morgan fingerprint density at radius 3 is 2.48 bits per heavy atom. The van der Waals surface area contributed by atoms with E-state index in [4.69, 9.17) is 0 Å². The Kier molecular flexibility index (Phi) is 5.60. The Balaban J connectivity index is 1.64. The van der Waals surface area contributed by atoms with Crippen LogP contribution in [0.25, 0.3) is 0 Å². The van der Waals surface area contributed by atoms with Gasteiger partial charge in [0, 0.05) is 13.0 Å². The van der Waals surface area contributed by atoms with Crippen LogP contribution in [0.1, 0.15) is 57.4 Å². The highest BCUT2D eigenvalue weighted by Crippen LogP contribution is 2.34. The summed E-state index contributed by atoms with van der Waals surface area (Å²) in [5, 5.41) is 0. The van der Waals surface area contributed by atoms with Gasteiger partial charge in [0.2, 0.25) is 5.91 Å². The molecule has 6 nitrogen and oxygen atoms in total. The molecule has 1 unspecified atom stereocenters. The second-order valence-corrected chi connectivity index (χ2v) is 9.61. The molecule has 148 valence electrons. The number of hydrogen-bond acceptors (Lipinski definition) is 4.